The van der Waals surface area contributed by atoms with E-state index < -0.39 is 0 Å². The Labute approximate surface area is 143 Å². The highest BCUT2D eigenvalue weighted by atomic mass is 16.5. The summed E-state index contributed by atoms with van der Waals surface area (Å²) in [5, 5.41) is 13.3. The van der Waals surface area contributed by atoms with Crippen LogP contribution in [-0.2, 0) is 6.42 Å². The molecule has 2 fully saturated rings. The van der Waals surface area contributed by atoms with Gasteiger partial charge in [-0.2, -0.15) is 0 Å². The number of benzene rings is 1. The van der Waals surface area contributed by atoms with E-state index in [-0.39, 0.29) is 0 Å². The molecule has 2 aliphatic heterocycles. The van der Waals surface area contributed by atoms with Gasteiger partial charge in [0.15, 0.2) is 11.5 Å². The van der Waals surface area contributed by atoms with E-state index in [1.165, 1.54) is 30.4 Å². The van der Waals surface area contributed by atoms with E-state index in [1.807, 2.05) is 0 Å². The van der Waals surface area contributed by atoms with Gasteiger partial charge in [0.25, 0.3) is 0 Å². The van der Waals surface area contributed by atoms with Crippen LogP contribution >= 0.6 is 0 Å². The average Bonchev–Trinajstić information content (AvgIpc) is 2.65. The van der Waals surface area contributed by atoms with Gasteiger partial charge in [0, 0.05) is 31.0 Å². The van der Waals surface area contributed by atoms with Gasteiger partial charge in [-0.1, -0.05) is 18.0 Å². The lowest BCUT2D eigenvalue weighted by molar-refractivity contribution is 0.0579. The molecule has 0 amide bonds. The molecule has 5 heteroatoms. The average molecular weight is 330 g/mol. The molecule has 0 spiro atoms. The summed E-state index contributed by atoms with van der Waals surface area (Å²) in [4.78, 5) is 2.66. The van der Waals surface area contributed by atoms with Crippen LogP contribution in [0.2, 0.25) is 0 Å². The van der Waals surface area contributed by atoms with Crippen LogP contribution in [0.3, 0.4) is 0 Å². The van der Waals surface area contributed by atoms with E-state index in [0.29, 0.717) is 18.0 Å². The minimum atomic E-state index is 0.291. The van der Waals surface area contributed by atoms with Gasteiger partial charge in [0.05, 0.1) is 19.9 Å². The Morgan fingerprint density at radius 1 is 1.12 bits per heavy atom. The second kappa shape index (κ2) is 6.28. The zero-order valence-corrected chi connectivity index (χ0v) is 14.5. The van der Waals surface area contributed by atoms with E-state index in [0.717, 1.165) is 43.0 Å². The van der Waals surface area contributed by atoms with Crippen molar-refractivity contribution in [2.45, 2.75) is 50.6 Å². The maximum Gasteiger partial charge on any atom is 0.161 e. The molecule has 1 saturated heterocycles. The van der Waals surface area contributed by atoms with Crippen LogP contribution < -0.4 is 9.47 Å². The Kier molecular flexibility index (Phi) is 4.12. The van der Waals surface area contributed by atoms with Gasteiger partial charge in [-0.3, -0.25) is 4.90 Å². The first-order valence-electron chi connectivity index (χ1n) is 8.98. The number of ether oxygens (including phenoxy) is 2. The predicted molar refractivity (Wildman–Crippen MR) is 92.3 cm³/mol. The summed E-state index contributed by atoms with van der Waals surface area (Å²) in [5.74, 6) is 2.01. The van der Waals surface area contributed by atoms with Gasteiger partial charge in [0.2, 0.25) is 0 Å². The van der Waals surface area contributed by atoms with Crippen molar-refractivity contribution in [3.8, 4) is 11.5 Å². The third-order valence-corrected chi connectivity index (χ3v) is 6.16. The molecule has 0 radical (unpaired) electrons. The number of piperidine rings is 1. The van der Waals surface area contributed by atoms with Gasteiger partial charge in [-0.25, -0.2) is 0 Å². The van der Waals surface area contributed by atoms with Crippen molar-refractivity contribution in [1.82, 2.24) is 4.90 Å². The summed E-state index contributed by atoms with van der Waals surface area (Å²) in [5.41, 5.74) is 3.63. The second-order valence-electron chi connectivity index (χ2n) is 7.16. The third kappa shape index (κ3) is 2.37. The number of fused-ring (bicyclic) bond motifs is 5. The molecule has 2 heterocycles. The second-order valence-corrected chi connectivity index (χ2v) is 7.16. The zero-order chi connectivity index (χ0) is 16.7. The van der Waals surface area contributed by atoms with Gasteiger partial charge in [-0.05, 0) is 42.5 Å². The van der Waals surface area contributed by atoms with Crippen molar-refractivity contribution in [2.24, 2.45) is 11.1 Å². The SMILES string of the molecule is COc1cc2c(cc1OC)C1C/C(=N\O)C3CCCCC3N1CC2. The maximum atomic E-state index is 9.58. The Bertz CT molecular complexity index is 658. The molecule has 3 atom stereocenters. The molecule has 1 saturated carbocycles. The van der Waals surface area contributed by atoms with Crippen molar-refractivity contribution in [3.63, 3.8) is 0 Å². The standard InChI is InChI=1S/C19H26N2O3/c1-23-18-9-12-7-8-21-16-6-4-3-5-13(16)15(20-22)11-17(21)14(12)10-19(18)24-2/h9-10,13,16-17,22H,3-8,11H2,1-2H3/b20-15+. The van der Waals surface area contributed by atoms with E-state index in [1.54, 1.807) is 14.2 Å². The Morgan fingerprint density at radius 3 is 2.62 bits per heavy atom. The molecule has 1 aromatic carbocycles. The monoisotopic (exact) mass is 330 g/mol. The van der Waals surface area contributed by atoms with Gasteiger partial charge < -0.3 is 14.7 Å². The summed E-state index contributed by atoms with van der Waals surface area (Å²) in [6.07, 6.45) is 6.76. The van der Waals surface area contributed by atoms with Crippen molar-refractivity contribution < 1.29 is 14.7 Å². The van der Waals surface area contributed by atoms with Crippen LogP contribution in [0.1, 0.15) is 49.3 Å². The summed E-state index contributed by atoms with van der Waals surface area (Å²) in [7, 11) is 3.37. The topological polar surface area (TPSA) is 54.3 Å². The molecule has 1 aromatic rings. The Morgan fingerprint density at radius 2 is 1.88 bits per heavy atom. The number of nitrogens with zero attached hydrogens (tertiary/aromatic N) is 2. The van der Waals surface area contributed by atoms with Crippen molar-refractivity contribution in [3.05, 3.63) is 23.3 Å². The summed E-state index contributed by atoms with van der Waals surface area (Å²) >= 11 is 0. The van der Waals surface area contributed by atoms with E-state index in [4.69, 9.17) is 9.47 Å². The minimum absolute atomic E-state index is 0.291. The molecule has 0 aromatic heterocycles. The summed E-state index contributed by atoms with van der Waals surface area (Å²) in [6.45, 7) is 1.08. The van der Waals surface area contributed by atoms with Crippen molar-refractivity contribution >= 4 is 5.71 Å². The molecule has 1 N–H and O–H groups in total. The number of methoxy groups -OCH3 is 2. The highest BCUT2D eigenvalue weighted by molar-refractivity contribution is 5.88. The van der Waals surface area contributed by atoms with Crippen LogP contribution in [0.4, 0.5) is 0 Å². The number of hydrogen-bond acceptors (Lipinski definition) is 5. The van der Waals surface area contributed by atoms with Gasteiger partial charge in [-0.15, -0.1) is 0 Å². The lowest BCUT2D eigenvalue weighted by Gasteiger charge is -2.51. The lowest BCUT2D eigenvalue weighted by atomic mass is 9.72. The summed E-state index contributed by atoms with van der Waals surface area (Å²) in [6, 6.07) is 5.06. The molecule has 130 valence electrons. The van der Waals surface area contributed by atoms with Crippen LogP contribution in [-0.4, -0.2) is 42.6 Å². The number of oxime groups is 1. The highest BCUT2D eigenvalue weighted by Gasteiger charge is 2.44. The van der Waals surface area contributed by atoms with Gasteiger partial charge in [0.1, 0.15) is 0 Å². The van der Waals surface area contributed by atoms with Crippen molar-refractivity contribution in [1.29, 1.82) is 0 Å². The largest absolute Gasteiger partial charge is 0.493 e. The van der Waals surface area contributed by atoms with Crippen LogP contribution in [0.25, 0.3) is 0 Å². The fourth-order valence-electron chi connectivity index (χ4n) is 5.03. The normalized spacial score (nSPS) is 31.1. The van der Waals surface area contributed by atoms with Crippen LogP contribution in [0.15, 0.2) is 17.3 Å². The first kappa shape index (κ1) is 15.8. The maximum absolute atomic E-state index is 9.58. The predicted octanol–water partition coefficient (Wildman–Crippen LogP) is 3.40. The van der Waals surface area contributed by atoms with E-state index in [9.17, 15) is 5.21 Å². The Balaban J connectivity index is 1.75. The first-order valence-corrected chi connectivity index (χ1v) is 8.98. The number of hydrogen-bond donors (Lipinski definition) is 1. The minimum Gasteiger partial charge on any atom is -0.493 e. The van der Waals surface area contributed by atoms with Crippen LogP contribution in [0, 0.1) is 5.92 Å². The molecule has 4 rings (SSSR count). The fraction of sp³-hybridized carbons (Fsp3) is 0.632. The fourth-order valence-corrected chi connectivity index (χ4v) is 5.03. The molecule has 1 aliphatic carbocycles. The number of rotatable bonds is 2. The lowest BCUT2D eigenvalue weighted by Crippen LogP contribution is -2.54. The third-order valence-electron chi connectivity index (χ3n) is 6.16. The first-order chi connectivity index (χ1) is 11.8. The molecule has 3 unspecified atom stereocenters. The Hall–Kier alpha value is -1.75. The molecule has 3 aliphatic rings. The zero-order valence-electron chi connectivity index (χ0n) is 14.5. The van der Waals surface area contributed by atoms with E-state index in [2.05, 4.69) is 22.2 Å². The summed E-state index contributed by atoms with van der Waals surface area (Å²) < 4.78 is 11.0. The van der Waals surface area contributed by atoms with E-state index >= 15 is 0 Å². The molecule has 5 nitrogen and oxygen atoms in total. The molecule has 0 bridgehead atoms. The van der Waals surface area contributed by atoms with Gasteiger partial charge >= 0.3 is 0 Å². The molecular weight excluding hydrogens is 304 g/mol. The molecule has 24 heavy (non-hydrogen) atoms. The van der Waals surface area contributed by atoms with Crippen LogP contribution in [0.5, 0.6) is 11.5 Å². The van der Waals surface area contributed by atoms with Crippen molar-refractivity contribution in [2.75, 3.05) is 20.8 Å². The quantitative estimate of drug-likeness (QED) is 0.667. The smallest absolute Gasteiger partial charge is 0.161 e. The molecular formula is C19H26N2O3. The highest BCUT2D eigenvalue weighted by Crippen LogP contribution is 2.47.